The Kier molecular flexibility index (Phi) is 3.40. The molecule has 1 aromatic rings. The highest BCUT2D eigenvalue weighted by Crippen LogP contribution is 2.46. The molecule has 0 amide bonds. The van der Waals surface area contributed by atoms with Crippen LogP contribution in [-0.2, 0) is 0 Å². The number of halogens is 2. The molecular formula is C11H13BCl2. The minimum absolute atomic E-state index is 0.220. The Balaban J connectivity index is 2.18. The Morgan fingerprint density at radius 3 is 2.43 bits per heavy atom. The number of hydrogen-bond acceptors (Lipinski definition) is 0. The van der Waals surface area contributed by atoms with E-state index in [2.05, 4.69) is 24.3 Å². The predicted molar refractivity (Wildman–Crippen MR) is 64.2 cm³/mol. The quantitative estimate of drug-likeness (QED) is 0.661. The van der Waals surface area contributed by atoms with Gasteiger partial charge in [-0.1, -0.05) is 43.2 Å². The molecule has 0 radical (unpaired) electrons. The van der Waals surface area contributed by atoms with Crippen molar-refractivity contribution in [3.8, 4) is 0 Å². The van der Waals surface area contributed by atoms with Crippen LogP contribution < -0.4 is 0 Å². The maximum Gasteiger partial charge on any atom is 0.355 e. The first-order valence-corrected chi connectivity index (χ1v) is 5.99. The second-order valence-electron chi connectivity index (χ2n) is 3.95. The van der Waals surface area contributed by atoms with E-state index in [1.807, 2.05) is 6.07 Å². The summed E-state index contributed by atoms with van der Waals surface area (Å²) in [4.78, 5) is 0. The molecule has 0 unspecified atom stereocenters. The highest BCUT2D eigenvalue weighted by atomic mass is 35.5. The summed E-state index contributed by atoms with van der Waals surface area (Å²) in [5.74, 6) is 1.01. The van der Waals surface area contributed by atoms with Gasteiger partial charge in [0.05, 0.1) is 0 Å². The van der Waals surface area contributed by atoms with Gasteiger partial charge in [-0.05, 0) is 23.7 Å². The molecular weight excluding hydrogens is 214 g/mol. The highest BCUT2D eigenvalue weighted by molar-refractivity contribution is 7.34. The van der Waals surface area contributed by atoms with Crippen LogP contribution in [0.25, 0.3) is 0 Å². The van der Waals surface area contributed by atoms with Crippen LogP contribution in [0, 0.1) is 0 Å². The fourth-order valence-corrected chi connectivity index (χ4v) is 3.01. The maximum absolute atomic E-state index is 5.99. The van der Waals surface area contributed by atoms with Gasteiger partial charge in [-0.2, -0.15) is 22.9 Å². The molecule has 0 bridgehead atoms. The zero-order valence-electron chi connectivity index (χ0n) is 8.00. The molecule has 0 nitrogen and oxygen atoms in total. The van der Waals surface area contributed by atoms with E-state index in [1.54, 1.807) is 0 Å². The first-order chi connectivity index (χ1) is 6.79. The lowest BCUT2D eigenvalue weighted by atomic mass is 9.74. The zero-order valence-corrected chi connectivity index (χ0v) is 9.51. The van der Waals surface area contributed by atoms with E-state index in [1.165, 1.54) is 18.4 Å². The average molecular weight is 227 g/mol. The van der Waals surface area contributed by atoms with Crippen molar-refractivity contribution in [1.29, 1.82) is 0 Å². The lowest BCUT2D eigenvalue weighted by Gasteiger charge is -2.18. The van der Waals surface area contributed by atoms with Gasteiger partial charge in [0, 0.05) is 0 Å². The first-order valence-electron chi connectivity index (χ1n) is 5.12. The Bertz CT molecular complexity index is 287. The van der Waals surface area contributed by atoms with Crippen LogP contribution in [0.15, 0.2) is 30.3 Å². The van der Waals surface area contributed by atoms with Crippen molar-refractivity contribution < 1.29 is 0 Å². The van der Waals surface area contributed by atoms with Gasteiger partial charge in [0.1, 0.15) is 0 Å². The molecule has 2 rings (SSSR count). The molecule has 0 spiro atoms. The Morgan fingerprint density at radius 2 is 1.79 bits per heavy atom. The average Bonchev–Trinajstić information content (AvgIpc) is 2.67. The molecule has 1 aromatic carbocycles. The molecule has 0 saturated heterocycles. The second kappa shape index (κ2) is 4.59. The molecule has 0 aromatic heterocycles. The summed E-state index contributed by atoms with van der Waals surface area (Å²) in [5, 5.41) is 0. The fourth-order valence-electron chi connectivity index (χ4n) is 2.40. The van der Waals surface area contributed by atoms with Crippen molar-refractivity contribution in [3.05, 3.63) is 35.9 Å². The molecule has 1 saturated carbocycles. The molecule has 1 fully saturated rings. The van der Waals surface area contributed by atoms with Crippen molar-refractivity contribution in [2.45, 2.75) is 31.0 Å². The van der Waals surface area contributed by atoms with E-state index in [0.717, 1.165) is 6.42 Å². The van der Waals surface area contributed by atoms with Gasteiger partial charge in [0.15, 0.2) is 0 Å². The van der Waals surface area contributed by atoms with Crippen molar-refractivity contribution in [1.82, 2.24) is 0 Å². The monoisotopic (exact) mass is 226 g/mol. The second-order valence-corrected chi connectivity index (χ2v) is 5.11. The third-order valence-corrected chi connectivity index (χ3v) is 3.77. The van der Waals surface area contributed by atoms with E-state index >= 15 is 0 Å². The standard InChI is InChI=1S/C11H13BCl2/c13-12(14)11-8-4-7-10(11)9-5-2-1-3-6-9/h1-3,5-6,10-11H,4,7-8H2/t10-,11+/m1/s1. The molecule has 14 heavy (non-hydrogen) atoms. The summed E-state index contributed by atoms with van der Waals surface area (Å²) in [6.07, 6.45) is 3.64. The summed E-state index contributed by atoms with van der Waals surface area (Å²) in [6.45, 7) is 0. The van der Waals surface area contributed by atoms with Crippen molar-refractivity contribution in [2.24, 2.45) is 0 Å². The SMILES string of the molecule is ClB(Cl)[C@H]1CCC[C@@H]1c1ccccc1. The maximum atomic E-state index is 5.99. The van der Waals surface area contributed by atoms with Crippen LogP contribution in [0.2, 0.25) is 5.82 Å². The molecule has 2 atom stereocenters. The third-order valence-electron chi connectivity index (χ3n) is 3.12. The normalized spacial score (nSPS) is 26.4. The van der Waals surface area contributed by atoms with E-state index in [9.17, 15) is 0 Å². The van der Waals surface area contributed by atoms with Crippen LogP contribution in [0.1, 0.15) is 30.7 Å². The van der Waals surface area contributed by atoms with Crippen LogP contribution in [0.4, 0.5) is 0 Å². The Hall–Kier alpha value is -0.135. The van der Waals surface area contributed by atoms with Crippen molar-refractivity contribution in [3.63, 3.8) is 0 Å². The van der Waals surface area contributed by atoms with E-state index in [4.69, 9.17) is 22.9 Å². The summed E-state index contributed by atoms with van der Waals surface area (Å²) >= 11 is 12.0. The number of rotatable bonds is 2. The van der Waals surface area contributed by atoms with E-state index in [0.29, 0.717) is 11.7 Å². The lowest BCUT2D eigenvalue weighted by Crippen LogP contribution is -2.11. The minimum Gasteiger partial charge on any atom is -0.171 e. The van der Waals surface area contributed by atoms with Crippen molar-refractivity contribution >= 4 is 28.5 Å². The van der Waals surface area contributed by atoms with Crippen LogP contribution >= 0.6 is 22.9 Å². The summed E-state index contributed by atoms with van der Waals surface area (Å²) < 4.78 is 0. The van der Waals surface area contributed by atoms with Crippen molar-refractivity contribution in [2.75, 3.05) is 0 Å². The fraction of sp³-hybridized carbons (Fsp3) is 0.455. The topological polar surface area (TPSA) is 0 Å². The lowest BCUT2D eigenvalue weighted by molar-refractivity contribution is 0.718. The smallest absolute Gasteiger partial charge is 0.171 e. The molecule has 3 heteroatoms. The van der Waals surface area contributed by atoms with Crippen LogP contribution in [0.3, 0.4) is 0 Å². The summed E-state index contributed by atoms with van der Waals surface area (Å²) in [5.41, 5.74) is 1.17. The van der Waals surface area contributed by atoms with E-state index < -0.39 is 0 Å². The van der Waals surface area contributed by atoms with Gasteiger partial charge in [0.2, 0.25) is 0 Å². The van der Waals surface area contributed by atoms with Gasteiger partial charge in [0.25, 0.3) is 0 Å². The molecule has 0 heterocycles. The van der Waals surface area contributed by atoms with Gasteiger partial charge in [-0.3, -0.25) is 0 Å². The highest BCUT2D eigenvalue weighted by Gasteiger charge is 2.35. The van der Waals surface area contributed by atoms with Gasteiger partial charge >= 0.3 is 5.54 Å². The minimum atomic E-state index is -0.220. The van der Waals surface area contributed by atoms with Crippen LogP contribution in [-0.4, -0.2) is 5.54 Å². The molecule has 74 valence electrons. The Morgan fingerprint density at radius 1 is 1.07 bits per heavy atom. The van der Waals surface area contributed by atoms with Gasteiger partial charge in [-0.15, -0.1) is 0 Å². The molecule has 0 aliphatic heterocycles. The van der Waals surface area contributed by atoms with Gasteiger partial charge < -0.3 is 0 Å². The number of hydrogen-bond donors (Lipinski definition) is 0. The third kappa shape index (κ3) is 2.09. The number of benzene rings is 1. The molecule has 0 N–H and O–H groups in total. The molecule has 1 aliphatic carbocycles. The van der Waals surface area contributed by atoms with Gasteiger partial charge in [-0.25, -0.2) is 0 Å². The Labute approximate surface area is 95.5 Å². The molecule has 1 aliphatic rings. The first kappa shape index (κ1) is 10.4. The summed E-state index contributed by atoms with van der Waals surface area (Å²) in [6, 6.07) is 10.6. The predicted octanol–water partition coefficient (Wildman–Crippen LogP) is 4.29. The summed E-state index contributed by atoms with van der Waals surface area (Å²) in [7, 11) is 0. The van der Waals surface area contributed by atoms with E-state index in [-0.39, 0.29) is 5.54 Å². The largest absolute Gasteiger partial charge is 0.355 e. The van der Waals surface area contributed by atoms with Crippen LogP contribution in [0.5, 0.6) is 0 Å². The zero-order chi connectivity index (χ0) is 9.97.